The minimum atomic E-state index is -0.835. The van der Waals surface area contributed by atoms with Crippen molar-refractivity contribution in [2.45, 2.75) is 24.9 Å². The Morgan fingerprint density at radius 2 is 2.06 bits per heavy atom. The van der Waals surface area contributed by atoms with E-state index in [9.17, 15) is 4.79 Å². The lowest BCUT2D eigenvalue weighted by molar-refractivity contribution is 0.133. The number of carbonyl (C=O) groups is 1. The highest BCUT2D eigenvalue weighted by Crippen LogP contribution is 2.36. The van der Waals surface area contributed by atoms with Gasteiger partial charge in [-0.25, -0.2) is 9.78 Å². The summed E-state index contributed by atoms with van der Waals surface area (Å²) in [6.45, 7) is 1.08. The highest BCUT2D eigenvalue weighted by atomic mass is 35.5. The van der Waals surface area contributed by atoms with E-state index in [1.165, 1.54) is 4.90 Å². The van der Waals surface area contributed by atoms with Crippen LogP contribution < -0.4 is 4.90 Å². The van der Waals surface area contributed by atoms with Crippen molar-refractivity contribution >= 4 is 23.5 Å². The molecule has 2 saturated heterocycles. The summed E-state index contributed by atoms with van der Waals surface area (Å²) < 4.78 is 0. The fourth-order valence-electron chi connectivity index (χ4n) is 2.97. The van der Waals surface area contributed by atoms with Gasteiger partial charge < -0.3 is 14.9 Å². The fourth-order valence-corrected chi connectivity index (χ4v) is 3.19. The molecule has 2 unspecified atom stereocenters. The van der Waals surface area contributed by atoms with Crippen molar-refractivity contribution in [2.75, 3.05) is 18.0 Å². The molecule has 3 heterocycles. The number of fused-ring (bicyclic) bond motifs is 2. The summed E-state index contributed by atoms with van der Waals surface area (Å²) in [4.78, 5) is 19.1. The molecule has 6 heteroatoms. The maximum Gasteiger partial charge on any atom is 0.407 e. The van der Waals surface area contributed by atoms with Gasteiger partial charge in [0, 0.05) is 31.4 Å². The van der Waals surface area contributed by atoms with Crippen molar-refractivity contribution < 1.29 is 9.90 Å². The van der Waals surface area contributed by atoms with Gasteiger partial charge in [-0.3, -0.25) is 0 Å². The summed E-state index contributed by atoms with van der Waals surface area (Å²) in [5.74, 6) is 0.789. The summed E-state index contributed by atoms with van der Waals surface area (Å²) in [5, 5.41) is 9.72. The number of likely N-dealkylation sites (tertiary alicyclic amines) is 1. The number of piperazine rings is 1. The second kappa shape index (κ2) is 4.31. The zero-order valence-corrected chi connectivity index (χ0v) is 10.5. The first-order valence-corrected chi connectivity index (χ1v) is 6.41. The third-order valence-corrected chi connectivity index (χ3v) is 4.03. The summed E-state index contributed by atoms with van der Waals surface area (Å²) in [6, 6.07) is 4.04. The van der Waals surface area contributed by atoms with E-state index in [0.29, 0.717) is 18.1 Å². The number of rotatable bonds is 1. The summed E-state index contributed by atoms with van der Waals surface area (Å²) >= 11 is 6.18. The molecule has 96 valence electrons. The van der Waals surface area contributed by atoms with E-state index in [1.54, 1.807) is 12.3 Å². The Morgan fingerprint density at radius 1 is 1.39 bits per heavy atom. The fraction of sp³-hybridized carbons (Fsp3) is 0.500. The number of anilines is 1. The molecule has 2 aliphatic rings. The molecule has 1 aromatic rings. The lowest BCUT2D eigenvalue weighted by Gasteiger charge is -2.40. The molecule has 5 nitrogen and oxygen atoms in total. The van der Waals surface area contributed by atoms with Gasteiger partial charge in [-0.05, 0) is 25.0 Å². The van der Waals surface area contributed by atoms with Crippen LogP contribution in [0.5, 0.6) is 0 Å². The number of nitrogens with zero attached hydrogens (tertiary/aromatic N) is 3. The summed E-state index contributed by atoms with van der Waals surface area (Å²) in [5.41, 5.74) is 0. The molecule has 2 atom stereocenters. The predicted octanol–water partition coefficient (Wildman–Crippen LogP) is 2.07. The van der Waals surface area contributed by atoms with E-state index in [1.807, 2.05) is 6.07 Å². The maximum atomic E-state index is 11.0. The van der Waals surface area contributed by atoms with Gasteiger partial charge in [-0.2, -0.15) is 0 Å². The predicted molar refractivity (Wildman–Crippen MR) is 68.1 cm³/mol. The largest absolute Gasteiger partial charge is 0.465 e. The molecule has 1 amide bonds. The van der Waals surface area contributed by atoms with Crippen molar-refractivity contribution in [1.29, 1.82) is 0 Å². The highest BCUT2D eigenvalue weighted by molar-refractivity contribution is 6.32. The first-order valence-electron chi connectivity index (χ1n) is 6.03. The molecule has 0 radical (unpaired) electrons. The molecule has 2 aliphatic heterocycles. The third-order valence-electron chi connectivity index (χ3n) is 3.74. The van der Waals surface area contributed by atoms with Crippen molar-refractivity contribution in [3.05, 3.63) is 23.4 Å². The summed E-state index contributed by atoms with van der Waals surface area (Å²) in [6.07, 6.45) is 2.89. The maximum absolute atomic E-state index is 11.0. The molecule has 1 N–H and O–H groups in total. The van der Waals surface area contributed by atoms with Crippen LogP contribution >= 0.6 is 11.6 Å². The van der Waals surface area contributed by atoms with Crippen LogP contribution in [-0.4, -0.2) is 46.3 Å². The Labute approximate surface area is 110 Å². The molecule has 0 aromatic carbocycles. The number of amides is 1. The Kier molecular flexibility index (Phi) is 2.78. The van der Waals surface area contributed by atoms with E-state index >= 15 is 0 Å². The van der Waals surface area contributed by atoms with Crippen molar-refractivity contribution in [3.8, 4) is 0 Å². The van der Waals surface area contributed by atoms with Gasteiger partial charge in [0.05, 0.1) is 5.02 Å². The number of pyridine rings is 1. The Bertz CT molecular complexity index is 468. The van der Waals surface area contributed by atoms with E-state index in [-0.39, 0.29) is 12.1 Å². The standard InChI is InChI=1S/C12H14ClN3O2/c13-10-2-1-5-14-11(10)16-8-3-4-9(16)7-15(6-8)12(17)18/h1-2,5,8-9H,3-4,6-7H2,(H,17,18). The first-order chi connectivity index (χ1) is 8.66. The average molecular weight is 268 g/mol. The van der Waals surface area contributed by atoms with Crippen LogP contribution in [0.3, 0.4) is 0 Å². The quantitative estimate of drug-likeness (QED) is 0.846. The number of hydrogen-bond acceptors (Lipinski definition) is 3. The Hall–Kier alpha value is -1.49. The lowest BCUT2D eigenvalue weighted by Crippen LogP contribution is -2.55. The Morgan fingerprint density at radius 3 is 2.61 bits per heavy atom. The van der Waals surface area contributed by atoms with Crippen LogP contribution in [0.2, 0.25) is 5.02 Å². The van der Waals surface area contributed by atoms with Crippen LogP contribution in [-0.2, 0) is 0 Å². The molecular formula is C12H14ClN3O2. The SMILES string of the molecule is O=C(O)N1CC2CCC(C1)N2c1ncccc1Cl. The van der Waals surface area contributed by atoms with Crippen molar-refractivity contribution in [1.82, 2.24) is 9.88 Å². The zero-order valence-electron chi connectivity index (χ0n) is 9.79. The normalized spacial score (nSPS) is 26.5. The first kappa shape index (κ1) is 11.6. The smallest absolute Gasteiger partial charge is 0.407 e. The monoisotopic (exact) mass is 267 g/mol. The molecular weight excluding hydrogens is 254 g/mol. The van der Waals surface area contributed by atoms with E-state index in [4.69, 9.17) is 16.7 Å². The molecule has 0 aliphatic carbocycles. The van der Waals surface area contributed by atoms with Gasteiger partial charge in [0.2, 0.25) is 0 Å². The number of aromatic nitrogens is 1. The summed E-state index contributed by atoms with van der Waals surface area (Å²) in [7, 11) is 0. The molecule has 3 rings (SSSR count). The molecule has 1 aromatic heterocycles. The van der Waals surface area contributed by atoms with Gasteiger partial charge in [-0.1, -0.05) is 11.6 Å². The van der Waals surface area contributed by atoms with Gasteiger partial charge in [0.15, 0.2) is 0 Å². The van der Waals surface area contributed by atoms with Crippen LogP contribution in [0.25, 0.3) is 0 Å². The van der Waals surface area contributed by atoms with Crippen LogP contribution in [0, 0.1) is 0 Å². The second-order valence-electron chi connectivity index (χ2n) is 4.79. The number of carboxylic acid groups (broad SMARTS) is 1. The van der Waals surface area contributed by atoms with Gasteiger partial charge in [0.1, 0.15) is 5.82 Å². The minimum absolute atomic E-state index is 0.201. The Balaban J connectivity index is 1.89. The molecule has 2 fully saturated rings. The second-order valence-corrected chi connectivity index (χ2v) is 5.20. The van der Waals surface area contributed by atoms with Crippen LogP contribution in [0.15, 0.2) is 18.3 Å². The van der Waals surface area contributed by atoms with Crippen molar-refractivity contribution in [3.63, 3.8) is 0 Å². The number of hydrogen-bond donors (Lipinski definition) is 1. The van der Waals surface area contributed by atoms with Crippen LogP contribution in [0.1, 0.15) is 12.8 Å². The highest BCUT2D eigenvalue weighted by Gasteiger charge is 2.42. The molecule has 18 heavy (non-hydrogen) atoms. The van der Waals surface area contributed by atoms with Gasteiger partial charge >= 0.3 is 6.09 Å². The van der Waals surface area contributed by atoms with Gasteiger partial charge in [-0.15, -0.1) is 0 Å². The topological polar surface area (TPSA) is 56.7 Å². The van der Waals surface area contributed by atoms with Gasteiger partial charge in [0.25, 0.3) is 0 Å². The lowest BCUT2D eigenvalue weighted by atomic mass is 10.2. The molecule has 2 bridgehead atoms. The molecule has 0 spiro atoms. The number of halogens is 1. The van der Waals surface area contributed by atoms with E-state index < -0.39 is 6.09 Å². The minimum Gasteiger partial charge on any atom is -0.465 e. The van der Waals surface area contributed by atoms with Crippen molar-refractivity contribution in [2.24, 2.45) is 0 Å². The molecule has 0 saturated carbocycles. The third kappa shape index (κ3) is 1.79. The average Bonchev–Trinajstić information content (AvgIpc) is 2.60. The van der Waals surface area contributed by atoms with E-state index in [0.717, 1.165) is 18.7 Å². The zero-order chi connectivity index (χ0) is 12.7. The van der Waals surface area contributed by atoms with Crippen LogP contribution in [0.4, 0.5) is 10.6 Å². The van der Waals surface area contributed by atoms with E-state index in [2.05, 4.69) is 9.88 Å².